The van der Waals surface area contributed by atoms with Crippen LogP contribution in [0, 0.1) is 0 Å². The molecule has 94 valence electrons. The normalized spacial score (nSPS) is 11.4. The Morgan fingerprint density at radius 3 is 3.17 bits per heavy atom. The second kappa shape index (κ2) is 5.22. The summed E-state index contributed by atoms with van der Waals surface area (Å²) in [4.78, 5) is 5.46. The van der Waals surface area contributed by atoms with Crippen molar-refractivity contribution in [2.24, 2.45) is 0 Å². The Kier molecular flexibility index (Phi) is 3.45. The molecule has 3 nitrogen and oxygen atoms in total. The lowest BCUT2D eigenvalue weighted by Crippen LogP contribution is -2.13. The summed E-state index contributed by atoms with van der Waals surface area (Å²) < 4.78 is 8.39. The van der Waals surface area contributed by atoms with Gasteiger partial charge in [-0.05, 0) is 30.5 Å². The maximum Gasteiger partial charge on any atom is 0.208 e. The fourth-order valence-electron chi connectivity index (χ4n) is 1.77. The standard InChI is InChI=1S/C13H14N2OS2/c1-2-4-14-8-13-15-7-9(16-13)11-6-12-10(18-11)3-5-17-12/h3,5-7,14H,2,4,8H2,1H3. The molecule has 1 N–H and O–H groups in total. The fraction of sp³-hybridized carbons (Fsp3) is 0.308. The largest absolute Gasteiger partial charge is 0.438 e. The van der Waals surface area contributed by atoms with Gasteiger partial charge >= 0.3 is 0 Å². The number of nitrogens with zero attached hydrogens (tertiary/aromatic N) is 1. The number of thiophene rings is 2. The molecule has 0 radical (unpaired) electrons. The molecular formula is C13H14N2OS2. The molecule has 0 spiro atoms. The van der Waals surface area contributed by atoms with E-state index in [9.17, 15) is 0 Å². The summed E-state index contributed by atoms with van der Waals surface area (Å²) in [6.07, 6.45) is 2.94. The fourth-order valence-corrected chi connectivity index (χ4v) is 3.82. The lowest BCUT2D eigenvalue weighted by Gasteiger charge is -1.97. The Morgan fingerprint density at radius 2 is 2.33 bits per heavy atom. The molecule has 0 saturated heterocycles. The van der Waals surface area contributed by atoms with Crippen molar-refractivity contribution >= 4 is 32.1 Å². The van der Waals surface area contributed by atoms with E-state index in [1.165, 1.54) is 9.40 Å². The van der Waals surface area contributed by atoms with Gasteiger partial charge in [-0.2, -0.15) is 0 Å². The number of hydrogen-bond donors (Lipinski definition) is 1. The van der Waals surface area contributed by atoms with Crippen LogP contribution in [0.5, 0.6) is 0 Å². The highest BCUT2D eigenvalue weighted by atomic mass is 32.1. The minimum Gasteiger partial charge on any atom is -0.438 e. The van der Waals surface area contributed by atoms with E-state index in [1.807, 2.05) is 6.20 Å². The SMILES string of the molecule is CCCNCc1ncc(-c2cc3sccc3s2)o1. The third kappa shape index (κ3) is 2.34. The summed E-state index contributed by atoms with van der Waals surface area (Å²) in [5, 5.41) is 5.40. The first-order valence-electron chi connectivity index (χ1n) is 5.99. The van der Waals surface area contributed by atoms with Gasteiger partial charge in [0.2, 0.25) is 5.89 Å². The Morgan fingerprint density at radius 1 is 1.39 bits per heavy atom. The highest BCUT2D eigenvalue weighted by Crippen LogP contribution is 2.36. The molecule has 5 heteroatoms. The van der Waals surface area contributed by atoms with Gasteiger partial charge in [0.15, 0.2) is 5.76 Å². The van der Waals surface area contributed by atoms with Crippen molar-refractivity contribution in [3.63, 3.8) is 0 Å². The van der Waals surface area contributed by atoms with E-state index in [2.05, 4.69) is 34.7 Å². The molecule has 0 bridgehead atoms. The average molecular weight is 278 g/mol. The van der Waals surface area contributed by atoms with Crippen LogP contribution >= 0.6 is 22.7 Å². The van der Waals surface area contributed by atoms with Gasteiger partial charge in [0.25, 0.3) is 0 Å². The van der Waals surface area contributed by atoms with Crippen LogP contribution in [0.15, 0.2) is 28.1 Å². The Balaban J connectivity index is 1.78. The molecule has 0 aliphatic rings. The van der Waals surface area contributed by atoms with Crippen molar-refractivity contribution < 1.29 is 4.42 Å². The number of aromatic nitrogens is 1. The monoisotopic (exact) mass is 278 g/mol. The van der Waals surface area contributed by atoms with Crippen LogP contribution in [0.1, 0.15) is 19.2 Å². The van der Waals surface area contributed by atoms with E-state index < -0.39 is 0 Å². The van der Waals surface area contributed by atoms with Crippen molar-refractivity contribution in [3.8, 4) is 10.6 Å². The Bertz CT molecular complexity index is 610. The predicted molar refractivity (Wildman–Crippen MR) is 77.2 cm³/mol. The zero-order valence-electron chi connectivity index (χ0n) is 10.1. The number of rotatable bonds is 5. The van der Waals surface area contributed by atoms with Crippen LogP contribution < -0.4 is 5.32 Å². The van der Waals surface area contributed by atoms with Gasteiger partial charge in [-0.25, -0.2) is 4.98 Å². The summed E-state index contributed by atoms with van der Waals surface area (Å²) in [6, 6.07) is 4.32. The van der Waals surface area contributed by atoms with E-state index in [1.54, 1.807) is 22.7 Å². The molecular weight excluding hydrogens is 264 g/mol. The average Bonchev–Trinajstić information content (AvgIpc) is 3.02. The van der Waals surface area contributed by atoms with Gasteiger partial charge in [-0.3, -0.25) is 0 Å². The second-order valence-electron chi connectivity index (χ2n) is 4.05. The van der Waals surface area contributed by atoms with Crippen molar-refractivity contribution in [2.75, 3.05) is 6.54 Å². The van der Waals surface area contributed by atoms with Crippen LogP contribution in [0.2, 0.25) is 0 Å². The third-order valence-electron chi connectivity index (χ3n) is 2.64. The first-order valence-corrected chi connectivity index (χ1v) is 7.69. The lowest BCUT2D eigenvalue weighted by molar-refractivity contribution is 0.478. The Hall–Kier alpha value is -1.17. The molecule has 0 amide bonds. The highest BCUT2D eigenvalue weighted by Gasteiger charge is 2.10. The van der Waals surface area contributed by atoms with Crippen LogP contribution in [0.4, 0.5) is 0 Å². The van der Waals surface area contributed by atoms with Crippen molar-refractivity contribution in [1.29, 1.82) is 0 Å². The summed E-state index contributed by atoms with van der Waals surface area (Å²) in [5.41, 5.74) is 0. The summed E-state index contributed by atoms with van der Waals surface area (Å²) in [7, 11) is 0. The van der Waals surface area contributed by atoms with Gasteiger partial charge in [0.1, 0.15) is 0 Å². The van der Waals surface area contributed by atoms with Gasteiger partial charge in [-0.1, -0.05) is 6.92 Å². The van der Waals surface area contributed by atoms with E-state index in [-0.39, 0.29) is 0 Å². The number of nitrogens with one attached hydrogen (secondary N) is 1. The molecule has 18 heavy (non-hydrogen) atoms. The lowest BCUT2D eigenvalue weighted by atomic mass is 10.4. The minimum atomic E-state index is 0.702. The summed E-state index contributed by atoms with van der Waals surface area (Å²) >= 11 is 3.52. The van der Waals surface area contributed by atoms with E-state index in [4.69, 9.17) is 4.42 Å². The number of fused-ring (bicyclic) bond motifs is 1. The van der Waals surface area contributed by atoms with E-state index in [0.29, 0.717) is 6.54 Å². The van der Waals surface area contributed by atoms with Gasteiger partial charge in [0.05, 0.1) is 17.6 Å². The predicted octanol–water partition coefficient (Wildman–Crippen LogP) is 4.12. The highest BCUT2D eigenvalue weighted by molar-refractivity contribution is 7.28. The number of oxazole rings is 1. The smallest absolute Gasteiger partial charge is 0.208 e. The first-order chi connectivity index (χ1) is 8.86. The van der Waals surface area contributed by atoms with Crippen LogP contribution in [-0.4, -0.2) is 11.5 Å². The van der Waals surface area contributed by atoms with Crippen molar-refractivity contribution in [1.82, 2.24) is 10.3 Å². The molecule has 3 rings (SSSR count). The molecule has 0 fully saturated rings. The molecule has 3 aromatic rings. The molecule has 3 heterocycles. The topological polar surface area (TPSA) is 38.1 Å². The third-order valence-corrected chi connectivity index (χ3v) is 4.75. The van der Waals surface area contributed by atoms with Crippen molar-refractivity contribution in [2.45, 2.75) is 19.9 Å². The first kappa shape index (κ1) is 11.9. The minimum absolute atomic E-state index is 0.702. The van der Waals surface area contributed by atoms with E-state index in [0.717, 1.165) is 29.5 Å². The molecule has 3 aromatic heterocycles. The summed E-state index contributed by atoms with van der Waals surface area (Å²) in [6.45, 7) is 3.84. The Labute approximate surface area is 113 Å². The van der Waals surface area contributed by atoms with Gasteiger partial charge in [0, 0.05) is 9.40 Å². The van der Waals surface area contributed by atoms with Gasteiger partial charge < -0.3 is 9.73 Å². The summed E-state index contributed by atoms with van der Waals surface area (Å²) in [5.74, 6) is 1.63. The van der Waals surface area contributed by atoms with Crippen LogP contribution in [0.3, 0.4) is 0 Å². The van der Waals surface area contributed by atoms with E-state index >= 15 is 0 Å². The molecule has 0 aliphatic carbocycles. The second-order valence-corrected chi connectivity index (χ2v) is 6.09. The molecule has 0 aromatic carbocycles. The molecule has 0 unspecified atom stereocenters. The molecule has 0 aliphatic heterocycles. The zero-order chi connectivity index (χ0) is 12.4. The molecule has 0 atom stereocenters. The maximum atomic E-state index is 5.76. The number of hydrogen-bond acceptors (Lipinski definition) is 5. The molecule has 0 saturated carbocycles. The van der Waals surface area contributed by atoms with Crippen LogP contribution in [0.25, 0.3) is 20.0 Å². The maximum absolute atomic E-state index is 5.76. The quantitative estimate of drug-likeness (QED) is 0.713. The van der Waals surface area contributed by atoms with Crippen molar-refractivity contribution in [3.05, 3.63) is 29.6 Å². The van der Waals surface area contributed by atoms with Gasteiger partial charge in [-0.15, -0.1) is 22.7 Å². The van der Waals surface area contributed by atoms with Crippen LogP contribution in [-0.2, 0) is 6.54 Å². The zero-order valence-corrected chi connectivity index (χ0v) is 11.7.